The number of carbonyl (C=O) groups excluding carboxylic acids is 1. The van der Waals surface area contributed by atoms with E-state index in [1.165, 1.54) is 0 Å². The largest absolute Gasteiger partial charge is 0.444 e. The molecule has 0 saturated carbocycles. The van der Waals surface area contributed by atoms with Crippen molar-refractivity contribution in [2.45, 2.75) is 83.1 Å². The Hall–Kier alpha value is -2.15. The van der Waals surface area contributed by atoms with E-state index in [-0.39, 0.29) is 18.2 Å². The van der Waals surface area contributed by atoms with E-state index >= 15 is 0 Å². The van der Waals surface area contributed by atoms with Gasteiger partial charge in [-0.15, -0.1) is 0 Å². The van der Waals surface area contributed by atoms with Crippen molar-refractivity contribution in [3.63, 3.8) is 0 Å². The maximum atomic E-state index is 12.7. The van der Waals surface area contributed by atoms with E-state index in [9.17, 15) is 9.90 Å². The van der Waals surface area contributed by atoms with Crippen LogP contribution in [0.5, 0.6) is 0 Å². The first-order valence-corrected chi connectivity index (χ1v) is 9.71. The first kappa shape index (κ1) is 18.2. The molecule has 2 fully saturated rings. The molecule has 27 heavy (non-hydrogen) atoms. The van der Waals surface area contributed by atoms with Gasteiger partial charge in [-0.2, -0.15) is 5.10 Å². The zero-order valence-corrected chi connectivity index (χ0v) is 16.5. The van der Waals surface area contributed by atoms with Crippen molar-refractivity contribution in [2.75, 3.05) is 0 Å². The SMILES string of the molecule is Cc1cc2ncc(C3(O)CC4CCCC(C3)N4C(=O)OC(C)(C)C)cn2n1. The molecule has 146 valence electrons. The summed E-state index contributed by atoms with van der Waals surface area (Å²) < 4.78 is 7.35. The fourth-order valence-electron chi connectivity index (χ4n) is 4.51. The van der Waals surface area contributed by atoms with E-state index in [1.54, 1.807) is 10.7 Å². The van der Waals surface area contributed by atoms with Gasteiger partial charge < -0.3 is 14.7 Å². The van der Waals surface area contributed by atoms with Gasteiger partial charge in [0.05, 0.1) is 11.3 Å². The number of fused-ring (bicyclic) bond motifs is 3. The van der Waals surface area contributed by atoms with Crippen molar-refractivity contribution in [1.82, 2.24) is 19.5 Å². The molecule has 7 heteroatoms. The molecule has 2 aliphatic rings. The molecular formula is C20H28N4O3. The number of hydrogen-bond donors (Lipinski definition) is 1. The summed E-state index contributed by atoms with van der Waals surface area (Å²) in [6.07, 6.45) is 7.18. The molecule has 2 aromatic heterocycles. The molecule has 1 amide bonds. The highest BCUT2D eigenvalue weighted by Gasteiger charge is 2.49. The average molecular weight is 372 g/mol. The first-order valence-electron chi connectivity index (χ1n) is 9.71. The van der Waals surface area contributed by atoms with E-state index in [2.05, 4.69) is 10.1 Å². The Morgan fingerprint density at radius 1 is 1.30 bits per heavy atom. The van der Waals surface area contributed by atoms with Crippen molar-refractivity contribution >= 4 is 11.7 Å². The number of aliphatic hydroxyl groups is 1. The molecule has 4 heterocycles. The van der Waals surface area contributed by atoms with Crippen LogP contribution in [0.4, 0.5) is 4.79 Å². The van der Waals surface area contributed by atoms with Crippen LogP contribution in [0.25, 0.3) is 5.65 Å². The number of ether oxygens (including phenoxy) is 1. The second-order valence-electron chi connectivity index (χ2n) is 9.00. The van der Waals surface area contributed by atoms with Crippen molar-refractivity contribution < 1.29 is 14.6 Å². The number of amides is 1. The van der Waals surface area contributed by atoms with E-state index < -0.39 is 11.2 Å². The van der Waals surface area contributed by atoms with Crippen LogP contribution < -0.4 is 0 Å². The van der Waals surface area contributed by atoms with Crippen LogP contribution in [0.15, 0.2) is 18.5 Å². The summed E-state index contributed by atoms with van der Waals surface area (Å²) in [5.74, 6) is 0. The third-order valence-corrected chi connectivity index (χ3v) is 5.59. The molecule has 2 aromatic rings. The quantitative estimate of drug-likeness (QED) is 0.832. The van der Waals surface area contributed by atoms with Crippen molar-refractivity contribution in [3.05, 3.63) is 29.7 Å². The predicted molar refractivity (Wildman–Crippen MR) is 100 cm³/mol. The molecule has 2 saturated heterocycles. The third-order valence-electron chi connectivity index (χ3n) is 5.59. The third kappa shape index (κ3) is 3.40. The van der Waals surface area contributed by atoms with Crippen molar-refractivity contribution in [2.24, 2.45) is 0 Å². The molecule has 0 radical (unpaired) electrons. The summed E-state index contributed by atoms with van der Waals surface area (Å²) in [5, 5.41) is 15.9. The molecule has 4 rings (SSSR count). The molecule has 1 N–H and O–H groups in total. The number of carbonyl (C=O) groups is 1. The van der Waals surface area contributed by atoms with Gasteiger partial charge in [-0.1, -0.05) is 0 Å². The zero-order chi connectivity index (χ0) is 19.4. The van der Waals surface area contributed by atoms with Gasteiger partial charge in [0.2, 0.25) is 0 Å². The van der Waals surface area contributed by atoms with Gasteiger partial charge in [-0.3, -0.25) is 0 Å². The fraction of sp³-hybridized carbons (Fsp3) is 0.650. The normalized spacial score (nSPS) is 28.4. The molecule has 2 aliphatic heterocycles. The summed E-state index contributed by atoms with van der Waals surface area (Å²) in [6, 6.07) is 1.87. The molecule has 7 nitrogen and oxygen atoms in total. The van der Waals surface area contributed by atoms with Gasteiger partial charge >= 0.3 is 6.09 Å². The van der Waals surface area contributed by atoms with Gasteiger partial charge in [0.15, 0.2) is 5.65 Å². The minimum atomic E-state index is -1.00. The summed E-state index contributed by atoms with van der Waals surface area (Å²) >= 11 is 0. The van der Waals surface area contributed by atoms with Gasteiger partial charge in [0.25, 0.3) is 0 Å². The maximum Gasteiger partial charge on any atom is 0.410 e. The highest BCUT2D eigenvalue weighted by molar-refractivity contribution is 5.69. The molecule has 0 spiro atoms. The van der Waals surface area contributed by atoms with Crippen LogP contribution in [0, 0.1) is 6.92 Å². The molecule has 0 aliphatic carbocycles. The number of nitrogens with zero attached hydrogens (tertiary/aromatic N) is 4. The van der Waals surface area contributed by atoms with Crippen molar-refractivity contribution in [1.29, 1.82) is 0 Å². The lowest BCUT2D eigenvalue weighted by molar-refractivity contribution is -0.0968. The van der Waals surface area contributed by atoms with Crippen LogP contribution in [0.3, 0.4) is 0 Å². The number of piperidine rings is 2. The monoisotopic (exact) mass is 372 g/mol. The Labute approximate surface area is 159 Å². The number of aryl methyl sites for hydroxylation is 1. The Bertz CT molecular complexity index is 856. The van der Waals surface area contributed by atoms with Gasteiger partial charge in [-0.05, 0) is 47.0 Å². The van der Waals surface area contributed by atoms with Gasteiger partial charge in [0.1, 0.15) is 5.60 Å². The number of rotatable bonds is 1. The molecule has 0 aromatic carbocycles. The van der Waals surface area contributed by atoms with E-state index in [0.717, 1.165) is 36.2 Å². The average Bonchev–Trinajstić information content (AvgIpc) is 2.91. The zero-order valence-electron chi connectivity index (χ0n) is 16.5. The Morgan fingerprint density at radius 3 is 2.59 bits per heavy atom. The second-order valence-corrected chi connectivity index (χ2v) is 9.00. The standard InChI is InChI=1S/C20H28N4O3/c1-13-8-17-21-11-14(12-23(17)22-13)20(26)9-15-6-5-7-16(10-20)24(15)18(25)27-19(2,3)4/h8,11-12,15-16,26H,5-7,9-10H2,1-4H3. The highest BCUT2D eigenvalue weighted by atomic mass is 16.6. The van der Waals surface area contributed by atoms with E-state index in [4.69, 9.17) is 4.74 Å². The lowest BCUT2D eigenvalue weighted by Crippen LogP contribution is -2.59. The lowest BCUT2D eigenvalue weighted by Gasteiger charge is -2.51. The van der Waals surface area contributed by atoms with Crippen LogP contribution in [0.1, 0.15) is 64.1 Å². The van der Waals surface area contributed by atoms with E-state index in [1.807, 2.05) is 44.9 Å². The lowest BCUT2D eigenvalue weighted by atomic mass is 9.73. The van der Waals surface area contributed by atoms with Crippen LogP contribution >= 0.6 is 0 Å². The fourth-order valence-corrected chi connectivity index (χ4v) is 4.51. The van der Waals surface area contributed by atoms with Gasteiger partial charge in [-0.25, -0.2) is 14.3 Å². The highest BCUT2D eigenvalue weighted by Crippen LogP contribution is 2.44. The maximum absolute atomic E-state index is 12.7. The minimum absolute atomic E-state index is 0.0209. The first-order chi connectivity index (χ1) is 12.6. The summed E-state index contributed by atoms with van der Waals surface area (Å²) in [4.78, 5) is 19.1. The second kappa shape index (κ2) is 6.19. The van der Waals surface area contributed by atoms with Crippen LogP contribution in [0.2, 0.25) is 0 Å². The molecule has 2 atom stereocenters. The number of aromatic nitrogens is 3. The van der Waals surface area contributed by atoms with Crippen LogP contribution in [-0.4, -0.2) is 48.4 Å². The minimum Gasteiger partial charge on any atom is -0.444 e. The smallest absolute Gasteiger partial charge is 0.410 e. The topological polar surface area (TPSA) is 80.0 Å². The Kier molecular flexibility index (Phi) is 4.18. The molecule has 2 unspecified atom stereocenters. The van der Waals surface area contributed by atoms with Gasteiger partial charge in [0, 0.05) is 48.9 Å². The summed E-state index contributed by atoms with van der Waals surface area (Å²) in [5.41, 5.74) is 0.898. The Balaban J connectivity index is 1.62. The van der Waals surface area contributed by atoms with E-state index in [0.29, 0.717) is 12.8 Å². The summed E-state index contributed by atoms with van der Waals surface area (Å²) in [7, 11) is 0. The van der Waals surface area contributed by atoms with Crippen molar-refractivity contribution in [3.8, 4) is 0 Å². The van der Waals surface area contributed by atoms with Crippen LogP contribution in [-0.2, 0) is 10.3 Å². The number of hydrogen-bond acceptors (Lipinski definition) is 5. The summed E-state index contributed by atoms with van der Waals surface area (Å²) in [6.45, 7) is 7.57. The Morgan fingerprint density at radius 2 is 1.96 bits per heavy atom. The molecular weight excluding hydrogens is 344 g/mol. The molecule has 2 bridgehead atoms. The predicted octanol–water partition coefficient (Wildman–Crippen LogP) is 3.18.